The number of ether oxygens (including phenoxy) is 2. The Hall–Kier alpha value is -3.07. The first kappa shape index (κ1) is 16.8. The molecule has 3 N–H and O–H groups in total. The summed E-state index contributed by atoms with van der Waals surface area (Å²) in [7, 11) is 0. The highest BCUT2D eigenvalue weighted by Gasteiger charge is 2.39. The predicted octanol–water partition coefficient (Wildman–Crippen LogP) is 2.55. The van der Waals surface area contributed by atoms with Crippen molar-refractivity contribution in [3.8, 4) is 11.5 Å². The lowest BCUT2D eigenvalue weighted by Crippen LogP contribution is -2.20. The number of halogens is 3. The Labute approximate surface area is 139 Å². The van der Waals surface area contributed by atoms with Gasteiger partial charge in [0.05, 0.1) is 5.56 Å². The molecule has 1 aliphatic heterocycles. The van der Waals surface area contributed by atoms with Gasteiger partial charge in [0.25, 0.3) is 5.91 Å². The second-order valence-corrected chi connectivity index (χ2v) is 5.15. The molecule has 1 unspecified atom stereocenters. The maximum absolute atomic E-state index is 12.6. The number of amides is 1. The van der Waals surface area contributed by atoms with E-state index in [1.54, 1.807) is 0 Å². The van der Waals surface area contributed by atoms with Crippen molar-refractivity contribution in [1.82, 2.24) is 4.98 Å². The van der Waals surface area contributed by atoms with Crippen LogP contribution in [0.25, 0.3) is 5.76 Å². The van der Waals surface area contributed by atoms with Gasteiger partial charge in [-0.15, -0.1) is 0 Å². The molecule has 1 aliphatic rings. The summed E-state index contributed by atoms with van der Waals surface area (Å²) in [6, 6.07) is 5.57. The molecule has 3 rings (SSSR count). The van der Waals surface area contributed by atoms with E-state index >= 15 is 0 Å². The lowest BCUT2D eigenvalue weighted by molar-refractivity contribution is -0.206. The Bertz CT molecular complexity index is 865. The monoisotopic (exact) mass is 352 g/mol. The van der Waals surface area contributed by atoms with Crippen LogP contribution in [0.5, 0.6) is 11.5 Å². The van der Waals surface area contributed by atoms with Crippen LogP contribution in [0.2, 0.25) is 0 Å². The number of carbonyl (C=O) groups is 1. The molecule has 9 heteroatoms. The molecule has 1 atom stereocenters. The minimum absolute atomic E-state index is 0.0674. The van der Waals surface area contributed by atoms with Crippen molar-refractivity contribution in [2.24, 2.45) is 5.73 Å². The lowest BCUT2D eigenvalue weighted by Gasteiger charge is -2.20. The fourth-order valence-corrected chi connectivity index (χ4v) is 2.22. The Morgan fingerprint density at radius 1 is 1.28 bits per heavy atom. The number of carbonyl (C=O) groups excluding carboxylic acids is 1. The number of primary amides is 1. The van der Waals surface area contributed by atoms with Gasteiger partial charge in [0.1, 0.15) is 6.26 Å². The van der Waals surface area contributed by atoms with E-state index in [4.69, 9.17) is 15.2 Å². The van der Waals surface area contributed by atoms with E-state index in [2.05, 4.69) is 4.98 Å². The van der Waals surface area contributed by atoms with Gasteiger partial charge in [0.15, 0.2) is 23.4 Å². The van der Waals surface area contributed by atoms with Crippen LogP contribution in [0, 0.1) is 0 Å². The summed E-state index contributed by atoms with van der Waals surface area (Å²) in [5.74, 6) is -0.360. The second-order valence-electron chi connectivity index (χ2n) is 5.15. The maximum Gasteiger partial charge on any atom is 0.418 e. The number of aromatic nitrogens is 1. The number of pyridine rings is 1. The molecule has 0 radical (unpaired) electrons. The highest BCUT2D eigenvalue weighted by molar-refractivity contribution is 5.97. The van der Waals surface area contributed by atoms with Crippen molar-refractivity contribution >= 4 is 11.7 Å². The molecule has 2 heterocycles. The number of aliphatic hydroxyl groups excluding tert-OH is 1. The third-order valence-corrected chi connectivity index (χ3v) is 3.42. The van der Waals surface area contributed by atoms with E-state index in [1.807, 2.05) is 0 Å². The SMILES string of the molecule is NC(=O)c1cccc2c1OC=C(c1cncc(C(O)C(F)(F)F)c1)O2. The molecule has 0 spiro atoms. The van der Waals surface area contributed by atoms with Crippen LogP contribution in [0.3, 0.4) is 0 Å². The van der Waals surface area contributed by atoms with Crippen LogP contribution in [0.1, 0.15) is 27.6 Å². The van der Waals surface area contributed by atoms with Crippen LogP contribution >= 0.6 is 0 Å². The third-order valence-electron chi connectivity index (χ3n) is 3.42. The number of rotatable bonds is 3. The van der Waals surface area contributed by atoms with Crippen LogP contribution in [0.15, 0.2) is 42.9 Å². The minimum atomic E-state index is -4.82. The Kier molecular flexibility index (Phi) is 4.09. The molecule has 2 aromatic rings. The van der Waals surface area contributed by atoms with E-state index in [0.29, 0.717) is 0 Å². The number of aliphatic hydroxyl groups is 1. The van der Waals surface area contributed by atoms with Gasteiger partial charge >= 0.3 is 6.18 Å². The van der Waals surface area contributed by atoms with Crippen molar-refractivity contribution < 1.29 is 32.5 Å². The van der Waals surface area contributed by atoms with Gasteiger partial charge in [-0.2, -0.15) is 13.2 Å². The van der Waals surface area contributed by atoms with Gasteiger partial charge in [-0.3, -0.25) is 9.78 Å². The van der Waals surface area contributed by atoms with Crippen LogP contribution in [-0.2, 0) is 0 Å². The number of hydrogen-bond donors (Lipinski definition) is 2. The molecule has 25 heavy (non-hydrogen) atoms. The van der Waals surface area contributed by atoms with Gasteiger partial charge in [0, 0.05) is 23.5 Å². The van der Waals surface area contributed by atoms with Crippen molar-refractivity contribution in [2.45, 2.75) is 12.3 Å². The number of nitrogens with zero attached hydrogens (tertiary/aromatic N) is 1. The molecule has 0 saturated heterocycles. The average Bonchev–Trinajstić information content (AvgIpc) is 2.59. The molecule has 1 amide bonds. The van der Waals surface area contributed by atoms with Gasteiger partial charge < -0.3 is 20.3 Å². The predicted molar refractivity (Wildman–Crippen MR) is 79.4 cm³/mol. The van der Waals surface area contributed by atoms with Gasteiger partial charge in [-0.1, -0.05) is 6.07 Å². The summed E-state index contributed by atoms with van der Waals surface area (Å²) < 4.78 is 48.8. The van der Waals surface area contributed by atoms with Crippen molar-refractivity contribution in [2.75, 3.05) is 0 Å². The highest BCUT2D eigenvalue weighted by atomic mass is 19.4. The topological polar surface area (TPSA) is 94.7 Å². The smallest absolute Gasteiger partial charge is 0.418 e. The molecular formula is C16H11F3N2O4. The Balaban J connectivity index is 1.92. The quantitative estimate of drug-likeness (QED) is 0.885. The van der Waals surface area contributed by atoms with E-state index in [-0.39, 0.29) is 28.4 Å². The van der Waals surface area contributed by atoms with E-state index in [1.165, 1.54) is 24.4 Å². The standard InChI is InChI=1S/C16H11F3N2O4/c17-16(18,19)14(22)9-4-8(5-21-6-9)12-7-24-13-10(15(20)23)2-1-3-11(13)25-12/h1-7,14,22H,(H2,20,23). The van der Waals surface area contributed by atoms with Gasteiger partial charge in [0.2, 0.25) is 0 Å². The first-order chi connectivity index (χ1) is 11.8. The van der Waals surface area contributed by atoms with E-state index < -0.39 is 23.8 Å². The Morgan fingerprint density at radius 2 is 2.04 bits per heavy atom. The largest absolute Gasteiger partial charge is 0.456 e. The van der Waals surface area contributed by atoms with Crippen LogP contribution < -0.4 is 15.2 Å². The number of fused-ring (bicyclic) bond motifs is 1. The highest BCUT2D eigenvalue weighted by Crippen LogP contribution is 2.38. The number of alkyl halides is 3. The minimum Gasteiger partial charge on any atom is -0.456 e. The first-order valence-corrected chi connectivity index (χ1v) is 6.95. The average molecular weight is 352 g/mol. The molecule has 0 aliphatic carbocycles. The number of nitrogens with two attached hydrogens (primary N) is 1. The molecule has 0 saturated carbocycles. The number of hydrogen-bond acceptors (Lipinski definition) is 5. The van der Waals surface area contributed by atoms with E-state index in [0.717, 1.165) is 18.5 Å². The zero-order valence-electron chi connectivity index (χ0n) is 12.4. The Morgan fingerprint density at radius 3 is 2.72 bits per heavy atom. The van der Waals surface area contributed by atoms with Crippen LogP contribution in [0.4, 0.5) is 13.2 Å². The number of benzene rings is 1. The maximum atomic E-state index is 12.6. The molecular weight excluding hydrogens is 341 g/mol. The fourth-order valence-electron chi connectivity index (χ4n) is 2.22. The lowest BCUT2D eigenvalue weighted by atomic mass is 10.1. The molecule has 130 valence electrons. The third kappa shape index (κ3) is 3.26. The first-order valence-electron chi connectivity index (χ1n) is 6.95. The normalized spacial score (nSPS) is 14.6. The summed E-state index contributed by atoms with van der Waals surface area (Å²) in [4.78, 5) is 15.0. The molecule has 0 bridgehead atoms. The summed E-state index contributed by atoms with van der Waals surface area (Å²) in [6.07, 6.45) is -4.20. The number of para-hydroxylation sites is 1. The molecule has 1 aromatic heterocycles. The van der Waals surface area contributed by atoms with Crippen molar-refractivity contribution in [1.29, 1.82) is 0 Å². The van der Waals surface area contributed by atoms with Crippen LogP contribution in [-0.4, -0.2) is 22.2 Å². The van der Waals surface area contributed by atoms with Crippen molar-refractivity contribution in [3.63, 3.8) is 0 Å². The molecule has 0 fully saturated rings. The van der Waals surface area contributed by atoms with E-state index in [9.17, 15) is 23.1 Å². The summed E-state index contributed by atoms with van der Waals surface area (Å²) in [5.41, 5.74) is 5.07. The summed E-state index contributed by atoms with van der Waals surface area (Å²) in [5, 5.41) is 9.33. The zero-order valence-corrected chi connectivity index (χ0v) is 12.4. The van der Waals surface area contributed by atoms with Gasteiger partial charge in [-0.05, 0) is 18.2 Å². The molecule has 1 aromatic carbocycles. The van der Waals surface area contributed by atoms with Gasteiger partial charge in [-0.25, -0.2) is 0 Å². The fraction of sp³-hybridized carbons (Fsp3) is 0.125. The zero-order chi connectivity index (χ0) is 18.2. The summed E-state index contributed by atoms with van der Waals surface area (Å²) in [6.45, 7) is 0. The summed E-state index contributed by atoms with van der Waals surface area (Å²) >= 11 is 0. The van der Waals surface area contributed by atoms with Crippen molar-refractivity contribution in [3.05, 3.63) is 59.6 Å². The second kappa shape index (κ2) is 6.10. The molecule has 6 nitrogen and oxygen atoms in total.